The van der Waals surface area contributed by atoms with Gasteiger partial charge in [0.25, 0.3) is 5.91 Å². The molecular formula is C17H15N3O3. The maximum atomic E-state index is 12.2. The largest absolute Gasteiger partial charge is 0.493 e. The topological polar surface area (TPSA) is 87.4 Å². The van der Waals surface area contributed by atoms with Gasteiger partial charge in [-0.3, -0.25) is 4.79 Å². The number of aliphatic hydroxyl groups excluding tert-OH is 1. The summed E-state index contributed by atoms with van der Waals surface area (Å²) in [6.07, 6.45) is 0. The van der Waals surface area contributed by atoms with Crippen molar-refractivity contribution in [2.45, 2.75) is 6.61 Å². The SMILES string of the molecule is O=C(Nc1ccc(CO)cc1)c1cc(O)n(-c2ccccc2)n1. The molecule has 0 saturated carbocycles. The zero-order valence-electron chi connectivity index (χ0n) is 12.2. The molecule has 2 aromatic carbocycles. The average molecular weight is 309 g/mol. The number of para-hydroxylation sites is 1. The zero-order valence-corrected chi connectivity index (χ0v) is 12.2. The molecule has 6 heteroatoms. The van der Waals surface area contributed by atoms with E-state index in [0.717, 1.165) is 5.56 Å². The molecule has 3 rings (SSSR count). The minimum atomic E-state index is -0.424. The number of benzene rings is 2. The molecule has 1 amide bonds. The summed E-state index contributed by atoms with van der Waals surface area (Å²) in [6.45, 7) is -0.0520. The van der Waals surface area contributed by atoms with Gasteiger partial charge >= 0.3 is 0 Å². The molecule has 1 aromatic heterocycles. The van der Waals surface area contributed by atoms with Gasteiger partial charge in [0, 0.05) is 11.8 Å². The Morgan fingerprint density at radius 1 is 1.09 bits per heavy atom. The first-order valence-corrected chi connectivity index (χ1v) is 7.03. The molecule has 0 radical (unpaired) electrons. The van der Waals surface area contributed by atoms with E-state index in [2.05, 4.69) is 10.4 Å². The number of aliphatic hydroxyl groups is 1. The normalized spacial score (nSPS) is 10.5. The molecule has 0 aliphatic rings. The van der Waals surface area contributed by atoms with Crippen molar-refractivity contribution in [2.24, 2.45) is 0 Å². The molecule has 0 atom stereocenters. The van der Waals surface area contributed by atoms with E-state index >= 15 is 0 Å². The van der Waals surface area contributed by atoms with Crippen LogP contribution in [0.5, 0.6) is 5.88 Å². The molecule has 3 N–H and O–H groups in total. The number of carbonyl (C=O) groups excluding carboxylic acids is 1. The fourth-order valence-corrected chi connectivity index (χ4v) is 2.13. The van der Waals surface area contributed by atoms with Crippen LogP contribution in [0, 0.1) is 0 Å². The molecule has 3 aromatic rings. The maximum Gasteiger partial charge on any atom is 0.276 e. The Balaban J connectivity index is 1.80. The summed E-state index contributed by atoms with van der Waals surface area (Å²) in [6, 6.07) is 17.2. The zero-order chi connectivity index (χ0) is 16.2. The van der Waals surface area contributed by atoms with Crippen LogP contribution in [0.15, 0.2) is 60.7 Å². The molecule has 0 unspecified atom stereocenters. The van der Waals surface area contributed by atoms with Gasteiger partial charge < -0.3 is 15.5 Å². The Kier molecular flexibility index (Phi) is 4.07. The van der Waals surface area contributed by atoms with E-state index in [9.17, 15) is 9.90 Å². The summed E-state index contributed by atoms with van der Waals surface area (Å²) in [5.41, 5.74) is 2.11. The van der Waals surface area contributed by atoms with Crippen LogP contribution in [-0.2, 0) is 6.61 Å². The maximum absolute atomic E-state index is 12.2. The Labute approximate surface area is 132 Å². The second kappa shape index (κ2) is 6.33. The number of hydrogen-bond donors (Lipinski definition) is 3. The van der Waals surface area contributed by atoms with Crippen LogP contribution < -0.4 is 5.32 Å². The molecular weight excluding hydrogens is 294 g/mol. The van der Waals surface area contributed by atoms with E-state index in [0.29, 0.717) is 11.4 Å². The molecule has 116 valence electrons. The van der Waals surface area contributed by atoms with E-state index < -0.39 is 5.91 Å². The molecule has 0 spiro atoms. The third-order valence-corrected chi connectivity index (χ3v) is 3.32. The molecule has 0 saturated heterocycles. The number of hydrogen-bond acceptors (Lipinski definition) is 4. The fraction of sp³-hybridized carbons (Fsp3) is 0.0588. The highest BCUT2D eigenvalue weighted by Crippen LogP contribution is 2.19. The van der Waals surface area contributed by atoms with Gasteiger partial charge in [0.15, 0.2) is 5.69 Å². The summed E-state index contributed by atoms with van der Waals surface area (Å²) < 4.78 is 1.30. The van der Waals surface area contributed by atoms with Crippen molar-refractivity contribution in [3.8, 4) is 11.6 Å². The van der Waals surface area contributed by atoms with E-state index in [1.807, 2.05) is 18.2 Å². The Hall–Kier alpha value is -3.12. The highest BCUT2D eigenvalue weighted by Gasteiger charge is 2.15. The number of carbonyl (C=O) groups is 1. The summed E-state index contributed by atoms with van der Waals surface area (Å²) in [5.74, 6) is -0.538. The van der Waals surface area contributed by atoms with Gasteiger partial charge in [-0.25, -0.2) is 4.68 Å². The van der Waals surface area contributed by atoms with Crippen LogP contribution in [0.2, 0.25) is 0 Å². The van der Waals surface area contributed by atoms with Crippen LogP contribution in [0.25, 0.3) is 5.69 Å². The minimum Gasteiger partial charge on any atom is -0.493 e. The first-order valence-electron chi connectivity index (χ1n) is 7.03. The Morgan fingerprint density at radius 3 is 2.43 bits per heavy atom. The van der Waals surface area contributed by atoms with E-state index in [-0.39, 0.29) is 18.2 Å². The number of amides is 1. The molecule has 1 heterocycles. The second-order valence-electron chi connectivity index (χ2n) is 4.94. The summed E-state index contributed by atoms with van der Waals surface area (Å²) in [4.78, 5) is 12.2. The van der Waals surface area contributed by atoms with Gasteiger partial charge in [0.05, 0.1) is 12.3 Å². The van der Waals surface area contributed by atoms with Gasteiger partial charge in [-0.1, -0.05) is 30.3 Å². The van der Waals surface area contributed by atoms with Crippen molar-refractivity contribution in [2.75, 3.05) is 5.32 Å². The molecule has 0 aliphatic heterocycles. The number of rotatable bonds is 4. The highest BCUT2D eigenvalue weighted by atomic mass is 16.3. The van der Waals surface area contributed by atoms with Crippen LogP contribution in [0.1, 0.15) is 16.1 Å². The van der Waals surface area contributed by atoms with Crippen LogP contribution in [-0.4, -0.2) is 25.9 Å². The number of aromatic hydroxyl groups is 1. The quantitative estimate of drug-likeness (QED) is 0.690. The Morgan fingerprint density at radius 2 is 1.78 bits per heavy atom. The van der Waals surface area contributed by atoms with Gasteiger partial charge in [-0.2, -0.15) is 5.10 Å². The van der Waals surface area contributed by atoms with Crippen molar-refractivity contribution in [1.29, 1.82) is 0 Å². The standard InChI is InChI=1S/C17H15N3O3/c21-11-12-6-8-13(9-7-12)18-17(23)15-10-16(22)20(19-15)14-4-2-1-3-5-14/h1-10,21-22H,11H2,(H,18,23). The lowest BCUT2D eigenvalue weighted by atomic mass is 10.2. The average Bonchev–Trinajstić information content (AvgIpc) is 2.98. The Bertz CT molecular complexity index is 811. The lowest BCUT2D eigenvalue weighted by Gasteiger charge is -2.04. The van der Waals surface area contributed by atoms with Gasteiger partial charge in [0.2, 0.25) is 5.88 Å². The smallest absolute Gasteiger partial charge is 0.276 e. The van der Waals surface area contributed by atoms with Crippen molar-refractivity contribution in [3.05, 3.63) is 71.9 Å². The molecule has 0 aliphatic carbocycles. The van der Waals surface area contributed by atoms with E-state index in [1.165, 1.54) is 10.7 Å². The minimum absolute atomic E-state index is 0.0520. The van der Waals surface area contributed by atoms with Gasteiger partial charge in [0.1, 0.15) is 0 Å². The van der Waals surface area contributed by atoms with Crippen LogP contribution in [0.4, 0.5) is 5.69 Å². The van der Waals surface area contributed by atoms with E-state index in [4.69, 9.17) is 5.11 Å². The lowest BCUT2D eigenvalue weighted by Crippen LogP contribution is -2.13. The van der Waals surface area contributed by atoms with Crippen LogP contribution >= 0.6 is 0 Å². The van der Waals surface area contributed by atoms with Gasteiger partial charge in [-0.05, 0) is 29.8 Å². The summed E-state index contributed by atoms with van der Waals surface area (Å²) >= 11 is 0. The number of aromatic nitrogens is 2. The summed E-state index contributed by atoms with van der Waals surface area (Å²) in [7, 11) is 0. The predicted molar refractivity (Wildman–Crippen MR) is 85.5 cm³/mol. The monoisotopic (exact) mass is 309 g/mol. The molecule has 23 heavy (non-hydrogen) atoms. The van der Waals surface area contributed by atoms with Crippen molar-refractivity contribution >= 4 is 11.6 Å². The predicted octanol–water partition coefficient (Wildman–Crippen LogP) is 2.32. The number of nitrogens with one attached hydrogen (secondary N) is 1. The van der Waals surface area contributed by atoms with Crippen LogP contribution in [0.3, 0.4) is 0 Å². The molecule has 0 fully saturated rings. The molecule has 0 bridgehead atoms. The third-order valence-electron chi connectivity index (χ3n) is 3.32. The fourth-order valence-electron chi connectivity index (χ4n) is 2.13. The highest BCUT2D eigenvalue weighted by molar-refractivity contribution is 6.03. The first kappa shape index (κ1) is 14.8. The first-order chi connectivity index (χ1) is 11.2. The number of anilines is 1. The second-order valence-corrected chi connectivity index (χ2v) is 4.94. The van der Waals surface area contributed by atoms with Gasteiger partial charge in [-0.15, -0.1) is 0 Å². The summed E-state index contributed by atoms with van der Waals surface area (Å²) in [5, 5.41) is 25.8. The lowest BCUT2D eigenvalue weighted by molar-refractivity contribution is 0.102. The van der Waals surface area contributed by atoms with Crippen molar-refractivity contribution < 1.29 is 15.0 Å². The molecule has 6 nitrogen and oxygen atoms in total. The van der Waals surface area contributed by atoms with Crippen molar-refractivity contribution in [3.63, 3.8) is 0 Å². The van der Waals surface area contributed by atoms with Crippen molar-refractivity contribution in [1.82, 2.24) is 9.78 Å². The number of nitrogens with zero attached hydrogens (tertiary/aromatic N) is 2. The van der Waals surface area contributed by atoms with E-state index in [1.54, 1.807) is 36.4 Å². The third kappa shape index (κ3) is 3.22.